The Morgan fingerprint density at radius 3 is 2.19 bits per heavy atom. The molecule has 3 nitrogen and oxygen atoms in total. The molecular formula is C22H22N2OS. The third-order valence-corrected chi connectivity index (χ3v) is 4.32. The summed E-state index contributed by atoms with van der Waals surface area (Å²) in [5, 5.41) is 7.09. The van der Waals surface area contributed by atoms with Crippen LogP contribution in [0.3, 0.4) is 0 Å². The minimum atomic E-state index is 0.602. The standard InChI is InChI=1S/C22H22N2OS/c1-25-21-13-12-20(15-19(21)14-17-8-4-2-5-9-17)24-22(26)23-16-18-10-6-3-7-11-18/h2-13,15H,14,16H2,1H3,(H2,23,24,26). The first-order valence-electron chi connectivity index (χ1n) is 8.54. The first kappa shape index (κ1) is 18.0. The minimum absolute atomic E-state index is 0.602. The van der Waals surface area contributed by atoms with Crippen LogP contribution in [0.25, 0.3) is 0 Å². The van der Waals surface area contributed by atoms with E-state index in [1.165, 1.54) is 11.1 Å². The van der Waals surface area contributed by atoms with E-state index < -0.39 is 0 Å². The van der Waals surface area contributed by atoms with Crippen LogP contribution in [0.1, 0.15) is 16.7 Å². The molecule has 0 saturated carbocycles. The second-order valence-corrected chi connectivity index (χ2v) is 6.39. The van der Waals surface area contributed by atoms with Crippen LogP contribution >= 0.6 is 12.2 Å². The maximum absolute atomic E-state index is 5.51. The molecule has 132 valence electrons. The smallest absolute Gasteiger partial charge is 0.171 e. The summed E-state index contributed by atoms with van der Waals surface area (Å²) >= 11 is 5.42. The molecule has 0 radical (unpaired) electrons. The summed E-state index contributed by atoms with van der Waals surface area (Å²) in [4.78, 5) is 0. The van der Waals surface area contributed by atoms with Crippen LogP contribution in [-0.4, -0.2) is 12.2 Å². The van der Waals surface area contributed by atoms with E-state index in [-0.39, 0.29) is 0 Å². The molecule has 2 N–H and O–H groups in total. The summed E-state index contributed by atoms with van der Waals surface area (Å²) in [6.45, 7) is 0.694. The lowest BCUT2D eigenvalue weighted by atomic mass is 10.0. The van der Waals surface area contributed by atoms with Crippen LogP contribution in [0.2, 0.25) is 0 Å². The number of rotatable bonds is 6. The summed E-state index contributed by atoms with van der Waals surface area (Å²) in [5.74, 6) is 0.877. The second-order valence-electron chi connectivity index (χ2n) is 5.98. The molecule has 0 heterocycles. The predicted octanol–water partition coefficient (Wildman–Crippen LogP) is 4.77. The molecule has 26 heavy (non-hydrogen) atoms. The van der Waals surface area contributed by atoms with Gasteiger partial charge in [-0.1, -0.05) is 60.7 Å². The third kappa shape index (κ3) is 5.07. The van der Waals surface area contributed by atoms with Crippen molar-refractivity contribution in [3.05, 3.63) is 95.6 Å². The molecule has 0 spiro atoms. The zero-order valence-electron chi connectivity index (χ0n) is 14.7. The monoisotopic (exact) mass is 362 g/mol. The van der Waals surface area contributed by atoms with Crippen LogP contribution in [-0.2, 0) is 13.0 Å². The Morgan fingerprint density at radius 2 is 1.54 bits per heavy atom. The van der Waals surface area contributed by atoms with Crippen LogP contribution in [0.5, 0.6) is 5.75 Å². The normalized spacial score (nSPS) is 10.2. The van der Waals surface area contributed by atoms with Gasteiger partial charge in [-0.05, 0) is 41.5 Å². The number of hydrogen-bond acceptors (Lipinski definition) is 2. The summed E-state index contributed by atoms with van der Waals surface area (Å²) in [7, 11) is 1.70. The number of nitrogens with one attached hydrogen (secondary N) is 2. The van der Waals surface area contributed by atoms with E-state index >= 15 is 0 Å². The number of methoxy groups -OCH3 is 1. The Labute approximate surface area is 160 Å². The Kier molecular flexibility index (Phi) is 6.23. The van der Waals surface area contributed by atoms with Gasteiger partial charge < -0.3 is 15.4 Å². The lowest BCUT2D eigenvalue weighted by molar-refractivity contribution is 0.410. The van der Waals surface area contributed by atoms with Gasteiger partial charge in [-0.3, -0.25) is 0 Å². The minimum Gasteiger partial charge on any atom is -0.496 e. The maximum atomic E-state index is 5.51. The van der Waals surface area contributed by atoms with Crippen molar-refractivity contribution >= 4 is 23.0 Å². The highest BCUT2D eigenvalue weighted by atomic mass is 32.1. The van der Waals surface area contributed by atoms with E-state index in [1.807, 2.05) is 48.5 Å². The second kappa shape index (κ2) is 9.02. The summed E-state index contributed by atoms with van der Waals surface area (Å²) < 4.78 is 5.51. The lowest BCUT2D eigenvalue weighted by Crippen LogP contribution is -2.27. The molecule has 3 rings (SSSR count). The average Bonchev–Trinajstić information content (AvgIpc) is 2.68. The summed E-state index contributed by atoms with van der Waals surface area (Å²) in [6, 6.07) is 26.6. The first-order valence-corrected chi connectivity index (χ1v) is 8.95. The Balaban J connectivity index is 1.66. The van der Waals surface area contributed by atoms with Crippen molar-refractivity contribution in [2.75, 3.05) is 12.4 Å². The highest BCUT2D eigenvalue weighted by Crippen LogP contribution is 2.25. The van der Waals surface area contributed by atoms with Crippen LogP contribution in [0.15, 0.2) is 78.9 Å². The van der Waals surface area contributed by atoms with Crippen molar-refractivity contribution in [1.82, 2.24) is 5.32 Å². The van der Waals surface area contributed by atoms with Crippen molar-refractivity contribution in [2.24, 2.45) is 0 Å². The van der Waals surface area contributed by atoms with Crippen LogP contribution in [0, 0.1) is 0 Å². The number of anilines is 1. The molecule has 0 aliphatic rings. The molecule has 3 aromatic rings. The Bertz CT molecular complexity index is 851. The molecule has 0 aliphatic carbocycles. The third-order valence-electron chi connectivity index (χ3n) is 4.07. The highest BCUT2D eigenvalue weighted by molar-refractivity contribution is 7.80. The largest absolute Gasteiger partial charge is 0.496 e. The number of hydrogen-bond donors (Lipinski definition) is 2. The van der Waals surface area contributed by atoms with E-state index in [4.69, 9.17) is 17.0 Å². The zero-order chi connectivity index (χ0) is 18.2. The van der Waals surface area contributed by atoms with Gasteiger partial charge in [-0.2, -0.15) is 0 Å². The SMILES string of the molecule is COc1ccc(NC(=S)NCc2ccccc2)cc1Cc1ccccc1. The van der Waals surface area contributed by atoms with Crippen molar-refractivity contribution in [2.45, 2.75) is 13.0 Å². The fourth-order valence-corrected chi connectivity index (χ4v) is 2.95. The van der Waals surface area contributed by atoms with E-state index in [1.54, 1.807) is 7.11 Å². The molecule has 0 saturated heterocycles. The highest BCUT2D eigenvalue weighted by Gasteiger charge is 2.07. The maximum Gasteiger partial charge on any atom is 0.171 e. The van der Waals surface area contributed by atoms with E-state index in [9.17, 15) is 0 Å². The van der Waals surface area contributed by atoms with Gasteiger partial charge in [0.1, 0.15) is 5.75 Å². The number of ether oxygens (including phenoxy) is 1. The topological polar surface area (TPSA) is 33.3 Å². The van der Waals surface area contributed by atoms with E-state index in [2.05, 4.69) is 41.0 Å². The van der Waals surface area contributed by atoms with Gasteiger partial charge in [0.2, 0.25) is 0 Å². The van der Waals surface area contributed by atoms with Crippen LogP contribution in [0.4, 0.5) is 5.69 Å². The van der Waals surface area contributed by atoms with Crippen molar-refractivity contribution < 1.29 is 4.74 Å². The number of thiocarbonyl (C=S) groups is 1. The molecule has 0 aromatic heterocycles. The quantitative estimate of drug-likeness (QED) is 0.619. The van der Waals surface area contributed by atoms with E-state index in [0.29, 0.717) is 11.7 Å². The fraction of sp³-hybridized carbons (Fsp3) is 0.136. The van der Waals surface area contributed by atoms with Crippen molar-refractivity contribution in [3.8, 4) is 5.75 Å². The molecule has 0 aliphatic heterocycles. The first-order chi connectivity index (χ1) is 12.7. The average molecular weight is 362 g/mol. The molecule has 3 aromatic carbocycles. The lowest BCUT2D eigenvalue weighted by Gasteiger charge is -2.14. The van der Waals surface area contributed by atoms with Gasteiger partial charge in [0, 0.05) is 24.2 Å². The van der Waals surface area contributed by atoms with E-state index in [0.717, 1.165) is 23.4 Å². The molecule has 0 fully saturated rings. The van der Waals surface area contributed by atoms with Gasteiger partial charge >= 0.3 is 0 Å². The summed E-state index contributed by atoms with van der Waals surface area (Å²) in [5.41, 5.74) is 4.50. The molecule has 4 heteroatoms. The van der Waals surface area contributed by atoms with Crippen molar-refractivity contribution in [1.29, 1.82) is 0 Å². The molecule has 0 unspecified atom stereocenters. The predicted molar refractivity (Wildman–Crippen MR) is 112 cm³/mol. The summed E-state index contributed by atoms with van der Waals surface area (Å²) in [6.07, 6.45) is 0.809. The fourth-order valence-electron chi connectivity index (χ4n) is 2.76. The molecular weight excluding hydrogens is 340 g/mol. The van der Waals surface area contributed by atoms with Gasteiger partial charge in [0.25, 0.3) is 0 Å². The number of benzene rings is 3. The van der Waals surface area contributed by atoms with Gasteiger partial charge in [-0.15, -0.1) is 0 Å². The molecule has 0 amide bonds. The molecule has 0 atom stereocenters. The Morgan fingerprint density at radius 1 is 0.885 bits per heavy atom. The van der Waals surface area contributed by atoms with Crippen molar-refractivity contribution in [3.63, 3.8) is 0 Å². The zero-order valence-corrected chi connectivity index (χ0v) is 15.6. The van der Waals surface area contributed by atoms with Gasteiger partial charge in [0.15, 0.2) is 5.11 Å². The van der Waals surface area contributed by atoms with Crippen LogP contribution < -0.4 is 15.4 Å². The molecule has 0 bridgehead atoms. The van der Waals surface area contributed by atoms with Gasteiger partial charge in [-0.25, -0.2) is 0 Å². The van der Waals surface area contributed by atoms with Gasteiger partial charge in [0.05, 0.1) is 7.11 Å². The Hall–Kier alpha value is -2.85.